The van der Waals surface area contributed by atoms with Crippen molar-refractivity contribution in [3.63, 3.8) is 0 Å². The average molecular weight is 386 g/mol. The molecule has 0 spiro atoms. The van der Waals surface area contributed by atoms with Gasteiger partial charge in [0.25, 0.3) is 0 Å². The Morgan fingerprint density at radius 2 is 1.96 bits per heavy atom. The van der Waals surface area contributed by atoms with Gasteiger partial charge in [-0.15, -0.1) is 0 Å². The Kier molecular flexibility index (Phi) is 6.24. The third-order valence-corrected chi connectivity index (χ3v) is 3.81. The van der Waals surface area contributed by atoms with E-state index in [2.05, 4.69) is 25.8 Å². The molecule has 0 saturated carbocycles. The molecule has 7 heteroatoms. The van der Waals surface area contributed by atoms with Crippen LogP contribution in [0.4, 0.5) is 4.79 Å². The van der Waals surface area contributed by atoms with Gasteiger partial charge in [-0.2, -0.15) is 0 Å². The first-order chi connectivity index (χ1) is 10.8. The summed E-state index contributed by atoms with van der Waals surface area (Å²) in [5.74, 6) is 0.756. The van der Waals surface area contributed by atoms with Crippen LogP contribution < -0.4 is 4.74 Å². The second-order valence-corrected chi connectivity index (χ2v) is 7.41. The first kappa shape index (κ1) is 18.0. The van der Waals surface area contributed by atoms with E-state index in [9.17, 15) is 4.79 Å². The van der Waals surface area contributed by atoms with Crippen LogP contribution in [0.25, 0.3) is 0 Å². The molecule has 1 aliphatic rings. The molecule has 2 heterocycles. The van der Waals surface area contributed by atoms with Crippen LogP contribution >= 0.6 is 15.9 Å². The van der Waals surface area contributed by atoms with E-state index in [0.717, 1.165) is 29.9 Å². The first-order valence-corrected chi connectivity index (χ1v) is 8.56. The van der Waals surface area contributed by atoms with Gasteiger partial charge in [0.05, 0.1) is 6.20 Å². The van der Waals surface area contributed by atoms with Gasteiger partial charge in [0.1, 0.15) is 18.0 Å². The third-order valence-electron chi connectivity index (χ3n) is 3.38. The zero-order chi connectivity index (χ0) is 16.9. The largest absolute Gasteiger partial charge is 0.491 e. The van der Waals surface area contributed by atoms with E-state index >= 15 is 0 Å². The Labute approximate surface area is 145 Å². The molecular weight excluding hydrogens is 362 g/mol. The van der Waals surface area contributed by atoms with Crippen LogP contribution in [0.15, 0.2) is 22.9 Å². The van der Waals surface area contributed by atoms with Crippen LogP contribution in [0.1, 0.15) is 20.8 Å². The number of halogens is 1. The number of nitrogens with zero attached hydrogens (tertiary/aromatic N) is 3. The number of ether oxygens (including phenoxy) is 2. The molecule has 23 heavy (non-hydrogen) atoms. The molecule has 1 fully saturated rings. The fourth-order valence-corrected chi connectivity index (χ4v) is 2.59. The van der Waals surface area contributed by atoms with Gasteiger partial charge in [0.2, 0.25) is 0 Å². The molecule has 0 aliphatic carbocycles. The molecule has 2 rings (SSSR count). The third kappa shape index (κ3) is 6.35. The molecule has 128 valence electrons. The van der Waals surface area contributed by atoms with Crippen molar-refractivity contribution in [2.24, 2.45) is 0 Å². The van der Waals surface area contributed by atoms with Crippen LogP contribution in [0.5, 0.6) is 5.75 Å². The predicted octanol–water partition coefficient (Wildman–Crippen LogP) is 2.78. The van der Waals surface area contributed by atoms with Crippen LogP contribution in [0, 0.1) is 0 Å². The normalized spacial score (nSPS) is 16.3. The minimum Gasteiger partial charge on any atom is -0.491 e. The van der Waals surface area contributed by atoms with Gasteiger partial charge >= 0.3 is 6.09 Å². The molecule has 0 bridgehead atoms. The number of hydrogen-bond acceptors (Lipinski definition) is 5. The molecule has 1 saturated heterocycles. The van der Waals surface area contributed by atoms with Gasteiger partial charge in [-0.3, -0.25) is 9.88 Å². The number of piperazine rings is 1. The van der Waals surface area contributed by atoms with Crippen molar-refractivity contribution in [3.05, 3.63) is 22.9 Å². The lowest BCUT2D eigenvalue weighted by molar-refractivity contribution is 0.0137. The second-order valence-electron chi connectivity index (χ2n) is 6.50. The molecule has 0 N–H and O–H groups in total. The summed E-state index contributed by atoms with van der Waals surface area (Å²) < 4.78 is 12.0. The number of amides is 1. The first-order valence-electron chi connectivity index (χ1n) is 7.77. The lowest BCUT2D eigenvalue weighted by atomic mass is 10.2. The number of hydrogen-bond donors (Lipinski definition) is 0. The van der Waals surface area contributed by atoms with E-state index in [-0.39, 0.29) is 6.09 Å². The summed E-state index contributed by atoms with van der Waals surface area (Å²) in [7, 11) is 0. The quantitative estimate of drug-likeness (QED) is 0.797. The van der Waals surface area contributed by atoms with Crippen LogP contribution in [-0.2, 0) is 4.74 Å². The topological polar surface area (TPSA) is 54.9 Å². The summed E-state index contributed by atoms with van der Waals surface area (Å²) in [5.41, 5.74) is -0.444. The maximum absolute atomic E-state index is 12.0. The van der Waals surface area contributed by atoms with Gasteiger partial charge in [-0.25, -0.2) is 4.79 Å². The Hall–Kier alpha value is -1.34. The predicted molar refractivity (Wildman–Crippen MR) is 91.7 cm³/mol. The van der Waals surface area contributed by atoms with Crippen molar-refractivity contribution < 1.29 is 14.3 Å². The molecule has 0 unspecified atom stereocenters. The van der Waals surface area contributed by atoms with E-state index in [1.807, 2.05) is 26.8 Å². The van der Waals surface area contributed by atoms with Gasteiger partial charge in [0.15, 0.2) is 0 Å². The lowest BCUT2D eigenvalue weighted by Gasteiger charge is -2.35. The van der Waals surface area contributed by atoms with Gasteiger partial charge in [-0.1, -0.05) is 0 Å². The van der Waals surface area contributed by atoms with Crippen molar-refractivity contribution in [3.8, 4) is 5.75 Å². The molecule has 0 radical (unpaired) electrons. The summed E-state index contributed by atoms with van der Waals surface area (Å²) in [5, 5.41) is 0. The van der Waals surface area contributed by atoms with Crippen molar-refractivity contribution in [2.45, 2.75) is 26.4 Å². The summed E-state index contributed by atoms with van der Waals surface area (Å²) in [6.07, 6.45) is 3.20. The monoisotopic (exact) mass is 385 g/mol. The Bertz CT molecular complexity index is 526. The number of carbonyl (C=O) groups is 1. The van der Waals surface area contributed by atoms with Crippen molar-refractivity contribution in [1.82, 2.24) is 14.8 Å². The molecule has 0 atom stereocenters. The zero-order valence-electron chi connectivity index (χ0n) is 13.9. The molecule has 1 aliphatic heterocycles. The molecular formula is C16H24BrN3O3. The maximum atomic E-state index is 12.0. The Morgan fingerprint density at radius 1 is 1.26 bits per heavy atom. The molecule has 6 nitrogen and oxygen atoms in total. The van der Waals surface area contributed by atoms with Crippen molar-refractivity contribution in [2.75, 3.05) is 39.3 Å². The van der Waals surface area contributed by atoms with Gasteiger partial charge in [0, 0.05) is 43.4 Å². The fourth-order valence-electron chi connectivity index (χ4n) is 2.24. The highest BCUT2D eigenvalue weighted by atomic mass is 79.9. The minimum absolute atomic E-state index is 0.228. The van der Waals surface area contributed by atoms with Crippen molar-refractivity contribution >= 4 is 22.0 Å². The van der Waals surface area contributed by atoms with E-state index in [1.165, 1.54) is 0 Å². The van der Waals surface area contributed by atoms with E-state index < -0.39 is 5.60 Å². The van der Waals surface area contributed by atoms with Gasteiger partial charge < -0.3 is 14.4 Å². The molecule has 1 aromatic rings. The summed E-state index contributed by atoms with van der Waals surface area (Å²) in [6, 6.07) is 1.90. The van der Waals surface area contributed by atoms with Crippen LogP contribution in [0.3, 0.4) is 0 Å². The van der Waals surface area contributed by atoms with E-state index in [1.54, 1.807) is 17.3 Å². The summed E-state index contributed by atoms with van der Waals surface area (Å²) >= 11 is 3.37. The minimum atomic E-state index is -0.444. The van der Waals surface area contributed by atoms with Crippen molar-refractivity contribution in [1.29, 1.82) is 0 Å². The molecule has 1 amide bonds. The summed E-state index contributed by atoms with van der Waals surface area (Å²) in [4.78, 5) is 20.1. The highest BCUT2D eigenvalue weighted by Gasteiger charge is 2.25. The smallest absolute Gasteiger partial charge is 0.410 e. The van der Waals surface area contributed by atoms with Gasteiger partial charge in [-0.05, 0) is 42.8 Å². The maximum Gasteiger partial charge on any atom is 0.410 e. The second kappa shape index (κ2) is 7.97. The zero-order valence-corrected chi connectivity index (χ0v) is 15.5. The molecule has 0 aromatic carbocycles. The van der Waals surface area contributed by atoms with Crippen LogP contribution in [0.2, 0.25) is 0 Å². The fraction of sp³-hybridized carbons (Fsp3) is 0.625. The Balaban J connectivity index is 1.68. The number of carbonyl (C=O) groups excluding carboxylic acids is 1. The number of pyridine rings is 1. The van der Waals surface area contributed by atoms with E-state index in [4.69, 9.17) is 9.47 Å². The Morgan fingerprint density at radius 3 is 2.57 bits per heavy atom. The number of aromatic nitrogens is 1. The number of rotatable bonds is 4. The highest BCUT2D eigenvalue weighted by molar-refractivity contribution is 9.10. The molecule has 1 aromatic heterocycles. The summed E-state index contributed by atoms with van der Waals surface area (Å²) in [6.45, 7) is 10.1. The standard InChI is InChI=1S/C16H24BrN3O3/c1-16(2,3)23-15(21)20-6-4-19(5-7-20)8-9-22-14-10-13(17)11-18-12-14/h10-12H,4-9H2,1-3H3. The van der Waals surface area contributed by atoms with Crippen LogP contribution in [-0.4, -0.2) is 65.8 Å². The lowest BCUT2D eigenvalue weighted by Crippen LogP contribution is -2.50. The SMILES string of the molecule is CC(C)(C)OC(=O)N1CCN(CCOc2cncc(Br)c2)CC1. The van der Waals surface area contributed by atoms with E-state index in [0.29, 0.717) is 19.7 Å². The highest BCUT2D eigenvalue weighted by Crippen LogP contribution is 2.16. The average Bonchev–Trinajstić information content (AvgIpc) is 2.46.